The molecule has 2 aromatic carbocycles. The molecule has 1 fully saturated rings. The molecule has 8 heteroatoms. The number of aliphatic hydroxyl groups is 1. The van der Waals surface area contributed by atoms with Gasteiger partial charge in [-0.1, -0.05) is 114 Å². The molecule has 0 saturated carbocycles. The van der Waals surface area contributed by atoms with Crippen LogP contribution >= 0.6 is 0 Å². The fourth-order valence-electron chi connectivity index (χ4n) is 6.40. The number of hydrogen-bond acceptors (Lipinski definition) is 6. The van der Waals surface area contributed by atoms with Crippen LogP contribution in [0.25, 0.3) is 0 Å². The van der Waals surface area contributed by atoms with Gasteiger partial charge in [0.25, 0.3) is 0 Å². The molecule has 1 aliphatic heterocycles. The zero-order valence-electron chi connectivity index (χ0n) is 29.7. The number of nitrogens with zero attached hydrogens (tertiary/aromatic N) is 1. The van der Waals surface area contributed by atoms with Crippen LogP contribution in [-0.2, 0) is 25.7 Å². The van der Waals surface area contributed by atoms with Crippen LogP contribution in [0, 0.1) is 0 Å². The van der Waals surface area contributed by atoms with Gasteiger partial charge in [0.05, 0.1) is 18.8 Å². The second-order valence-electron chi connectivity index (χ2n) is 13.5. The standard InChI is InChI=1S/C40H62N2O6/c1-3-5-7-9-11-15-26-42(27-16-12-10-8-6-4-2)30-36-29-37(33-24-22-32(31-43)23-25-33)48-40(47-36)34-18-17-19-35(28-34)41-38(44)20-13-14-21-39(45)46/h17-19,22-25,28,36-37,40,43H,3-16,20-21,26-27,29-31H2,1-2H3,(H,41,44)(H,45,46)/t36-,37+,40+/m1/s1. The van der Waals surface area contributed by atoms with E-state index >= 15 is 0 Å². The van der Waals surface area contributed by atoms with Crippen molar-refractivity contribution < 1.29 is 29.3 Å². The summed E-state index contributed by atoms with van der Waals surface area (Å²) in [6.07, 6.45) is 16.6. The lowest BCUT2D eigenvalue weighted by Gasteiger charge is -2.38. The van der Waals surface area contributed by atoms with Crippen molar-refractivity contribution in [2.45, 2.75) is 148 Å². The van der Waals surface area contributed by atoms with Crippen molar-refractivity contribution in [3.05, 3.63) is 65.2 Å². The third kappa shape index (κ3) is 15.6. The van der Waals surface area contributed by atoms with Crippen LogP contribution in [-0.4, -0.2) is 52.7 Å². The number of carbonyl (C=O) groups excluding carboxylic acids is 1. The van der Waals surface area contributed by atoms with Crippen molar-refractivity contribution in [1.29, 1.82) is 0 Å². The maximum atomic E-state index is 12.6. The summed E-state index contributed by atoms with van der Waals surface area (Å²) >= 11 is 0. The Bertz CT molecular complexity index is 1160. The minimum atomic E-state index is -0.843. The Hall–Kier alpha value is -2.78. The molecule has 1 heterocycles. The SMILES string of the molecule is CCCCCCCCN(CCCCCCCC)C[C@H]1C[C@@H](c2ccc(CO)cc2)O[C@@H](c2cccc(NC(=O)CCCCC(=O)O)c2)O1. The molecule has 0 aromatic heterocycles. The summed E-state index contributed by atoms with van der Waals surface area (Å²) in [6.45, 7) is 7.54. The molecule has 1 saturated heterocycles. The number of unbranched alkanes of at least 4 members (excludes halogenated alkanes) is 11. The van der Waals surface area contributed by atoms with E-state index in [1.165, 1.54) is 77.0 Å². The highest BCUT2D eigenvalue weighted by Gasteiger charge is 2.33. The number of aliphatic carboxylic acids is 1. The minimum Gasteiger partial charge on any atom is -0.481 e. The van der Waals surface area contributed by atoms with Gasteiger partial charge in [-0.25, -0.2) is 0 Å². The topological polar surface area (TPSA) is 108 Å². The first-order valence-corrected chi connectivity index (χ1v) is 18.8. The fourth-order valence-corrected chi connectivity index (χ4v) is 6.40. The van der Waals surface area contributed by atoms with Gasteiger partial charge in [0, 0.05) is 37.1 Å². The van der Waals surface area contributed by atoms with Crippen molar-refractivity contribution >= 4 is 17.6 Å². The average molecular weight is 667 g/mol. The zero-order valence-corrected chi connectivity index (χ0v) is 29.7. The van der Waals surface area contributed by atoms with Gasteiger partial charge in [-0.15, -0.1) is 0 Å². The van der Waals surface area contributed by atoms with E-state index in [0.29, 0.717) is 18.5 Å². The highest BCUT2D eigenvalue weighted by atomic mass is 16.7. The second kappa shape index (κ2) is 23.6. The largest absolute Gasteiger partial charge is 0.481 e. The third-order valence-corrected chi connectivity index (χ3v) is 9.22. The van der Waals surface area contributed by atoms with Gasteiger partial charge in [0.2, 0.25) is 5.91 Å². The lowest BCUT2D eigenvalue weighted by Crippen LogP contribution is -2.40. The van der Waals surface area contributed by atoms with Crippen molar-refractivity contribution in [2.24, 2.45) is 0 Å². The van der Waals surface area contributed by atoms with E-state index in [-0.39, 0.29) is 37.6 Å². The van der Waals surface area contributed by atoms with Crippen LogP contribution in [0.1, 0.15) is 152 Å². The minimum absolute atomic E-state index is 0.00405. The van der Waals surface area contributed by atoms with Crippen molar-refractivity contribution in [3.8, 4) is 0 Å². The van der Waals surface area contributed by atoms with Crippen molar-refractivity contribution in [3.63, 3.8) is 0 Å². The normalized spacial score (nSPS) is 17.9. The number of nitrogens with one attached hydrogen (secondary N) is 1. The molecule has 3 N–H and O–H groups in total. The molecule has 2 aromatic rings. The second-order valence-corrected chi connectivity index (χ2v) is 13.5. The summed E-state index contributed by atoms with van der Waals surface area (Å²) in [5.74, 6) is -0.979. The Morgan fingerprint density at radius 1 is 0.771 bits per heavy atom. The molecule has 0 unspecified atom stereocenters. The van der Waals surface area contributed by atoms with E-state index in [2.05, 4.69) is 24.1 Å². The molecule has 48 heavy (non-hydrogen) atoms. The van der Waals surface area contributed by atoms with E-state index in [1.54, 1.807) is 0 Å². The number of benzene rings is 2. The average Bonchev–Trinajstić information content (AvgIpc) is 3.09. The summed E-state index contributed by atoms with van der Waals surface area (Å²) in [5.41, 5.74) is 3.45. The molecule has 3 atom stereocenters. The number of rotatable bonds is 25. The van der Waals surface area contributed by atoms with E-state index in [9.17, 15) is 14.7 Å². The molecular weight excluding hydrogens is 604 g/mol. The smallest absolute Gasteiger partial charge is 0.303 e. The van der Waals surface area contributed by atoms with E-state index in [1.807, 2.05) is 48.5 Å². The number of aliphatic hydroxyl groups excluding tert-OH is 1. The van der Waals surface area contributed by atoms with Crippen LogP contribution in [0.5, 0.6) is 0 Å². The van der Waals surface area contributed by atoms with Crippen LogP contribution < -0.4 is 5.32 Å². The monoisotopic (exact) mass is 666 g/mol. The first-order chi connectivity index (χ1) is 23.4. The lowest BCUT2D eigenvalue weighted by molar-refractivity contribution is -0.253. The Balaban J connectivity index is 1.71. The van der Waals surface area contributed by atoms with Gasteiger partial charge in [-0.2, -0.15) is 0 Å². The predicted octanol–water partition coefficient (Wildman–Crippen LogP) is 9.33. The molecular formula is C40H62N2O6. The van der Waals surface area contributed by atoms with Crippen LogP contribution in [0.4, 0.5) is 5.69 Å². The predicted molar refractivity (Wildman–Crippen MR) is 193 cm³/mol. The molecule has 1 amide bonds. The van der Waals surface area contributed by atoms with Gasteiger partial charge in [0.1, 0.15) is 0 Å². The summed E-state index contributed by atoms with van der Waals surface area (Å²) in [5, 5.41) is 21.4. The number of carboxylic acid groups (broad SMARTS) is 1. The van der Waals surface area contributed by atoms with Gasteiger partial charge < -0.3 is 29.9 Å². The molecule has 0 spiro atoms. The van der Waals surface area contributed by atoms with Gasteiger partial charge in [0.15, 0.2) is 6.29 Å². The van der Waals surface area contributed by atoms with Crippen molar-refractivity contribution in [2.75, 3.05) is 25.0 Å². The number of ether oxygens (including phenoxy) is 2. The number of amides is 1. The molecule has 0 bridgehead atoms. The summed E-state index contributed by atoms with van der Waals surface area (Å²) in [7, 11) is 0. The van der Waals surface area contributed by atoms with Gasteiger partial charge in [-0.05, 0) is 62.0 Å². The van der Waals surface area contributed by atoms with Crippen molar-refractivity contribution in [1.82, 2.24) is 4.90 Å². The molecule has 3 rings (SSSR count). The zero-order chi connectivity index (χ0) is 34.4. The van der Waals surface area contributed by atoms with E-state index < -0.39 is 12.3 Å². The summed E-state index contributed by atoms with van der Waals surface area (Å²) in [4.78, 5) is 26.0. The number of carbonyl (C=O) groups is 2. The number of hydrogen-bond donors (Lipinski definition) is 3. The molecule has 8 nitrogen and oxygen atoms in total. The maximum absolute atomic E-state index is 12.6. The van der Waals surface area contributed by atoms with E-state index in [0.717, 1.165) is 42.7 Å². The summed E-state index contributed by atoms with van der Waals surface area (Å²) < 4.78 is 13.3. The maximum Gasteiger partial charge on any atom is 0.303 e. The first kappa shape index (κ1) is 39.7. The highest BCUT2D eigenvalue weighted by molar-refractivity contribution is 5.90. The number of carboxylic acids is 1. The Morgan fingerprint density at radius 2 is 1.40 bits per heavy atom. The van der Waals surface area contributed by atoms with Crippen LogP contribution in [0.3, 0.4) is 0 Å². The molecule has 268 valence electrons. The van der Waals surface area contributed by atoms with Gasteiger partial charge in [-0.3, -0.25) is 9.59 Å². The fraction of sp³-hybridized carbons (Fsp3) is 0.650. The molecule has 0 radical (unpaired) electrons. The van der Waals surface area contributed by atoms with Gasteiger partial charge >= 0.3 is 5.97 Å². The molecule has 1 aliphatic rings. The highest BCUT2D eigenvalue weighted by Crippen LogP contribution is 2.38. The number of anilines is 1. The Labute approximate surface area is 289 Å². The van der Waals surface area contributed by atoms with Crippen LogP contribution in [0.2, 0.25) is 0 Å². The third-order valence-electron chi connectivity index (χ3n) is 9.22. The molecule has 0 aliphatic carbocycles. The first-order valence-electron chi connectivity index (χ1n) is 18.8. The Morgan fingerprint density at radius 3 is 2.02 bits per heavy atom. The van der Waals surface area contributed by atoms with E-state index in [4.69, 9.17) is 14.6 Å². The Kier molecular flexibility index (Phi) is 19.5. The summed E-state index contributed by atoms with van der Waals surface area (Å²) in [6, 6.07) is 15.6. The van der Waals surface area contributed by atoms with Crippen LogP contribution in [0.15, 0.2) is 48.5 Å². The quantitative estimate of drug-likeness (QED) is 0.0907. The lowest BCUT2D eigenvalue weighted by atomic mass is 9.99.